The molecule has 4 amide bonds. The van der Waals surface area contributed by atoms with Crippen molar-refractivity contribution in [2.24, 2.45) is 0 Å². The first-order chi connectivity index (χ1) is 21.1. The fraction of sp³-hybridized carbons (Fsp3) is 0.176. The summed E-state index contributed by atoms with van der Waals surface area (Å²) < 4.78 is 73.6. The van der Waals surface area contributed by atoms with Gasteiger partial charge >= 0.3 is 6.18 Å². The van der Waals surface area contributed by atoms with E-state index in [2.05, 4.69) is 0 Å². The molecule has 2 heterocycles. The van der Waals surface area contributed by atoms with Crippen LogP contribution in [0.25, 0.3) is 11.1 Å². The zero-order valence-electron chi connectivity index (χ0n) is 24.1. The van der Waals surface area contributed by atoms with Crippen molar-refractivity contribution >= 4 is 29.3 Å². The summed E-state index contributed by atoms with van der Waals surface area (Å²) >= 11 is 0. The van der Waals surface area contributed by atoms with E-state index in [-0.39, 0.29) is 39.1 Å². The minimum absolute atomic E-state index is 0.0134. The van der Waals surface area contributed by atoms with Crippen LogP contribution in [0.1, 0.15) is 69.2 Å². The van der Waals surface area contributed by atoms with E-state index in [0.717, 1.165) is 40.8 Å². The number of halogens is 5. The normalized spacial score (nSPS) is 14.8. The highest BCUT2D eigenvalue weighted by Gasteiger charge is 2.42. The number of alkyl halides is 5. The molecule has 0 radical (unpaired) electrons. The Morgan fingerprint density at radius 1 is 0.600 bits per heavy atom. The predicted octanol–water partition coefficient (Wildman–Crippen LogP) is 7.35. The molecular weight excluding hydrogens is 595 g/mol. The molecule has 4 aromatic rings. The highest BCUT2D eigenvalue weighted by Crippen LogP contribution is 2.42. The van der Waals surface area contributed by atoms with Crippen molar-refractivity contribution in [1.29, 1.82) is 0 Å². The molecule has 0 fully saturated rings. The van der Waals surface area contributed by atoms with Crippen LogP contribution in [0.4, 0.5) is 27.6 Å². The van der Waals surface area contributed by atoms with Gasteiger partial charge in [0, 0.05) is 19.0 Å². The minimum atomic E-state index is -4.81. The monoisotopic (exact) mass is 618 g/mol. The number of amides is 4. The van der Waals surface area contributed by atoms with Gasteiger partial charge in [-0.3, -0.25) is 24.1 Å². The van der Waals surface area contributed by atoms with Crippen LogP contribution >= 0.6 is 0 Å². The summed E-state index contributed by atoms with van der Waals surface area (Å²) in [6, 6.07) is 14.9. The topological polar surface area (TPSA) is 74.8 Å². The number of fused-ring (bicyclic) bond motifs is 2. The number of aryl methyl sites for hydroxylation is 2. The van der Waals surface area contributed by atoms with Crippen molar-refractivity contribution in [2.75, 3.05) is 11.9 Å². The molecule has 0 aliphatic carbocycles. The molecule has 0 saturated carbocycles. The van der Waals surface area contributed by atoms with Crippen LogP contribution in [0, 0.1) is 13.8 Å². The van der Waals surface area contributed by atoms with E-state index < -0.39 is 53.3 Å². The molecule has 0 spiro atoms. The molecule has 0 bridgehead atoms. The molecule has 2 aliphatic rings. The molecule has 6 rings (SSSR count). The Kier molecular flexibility index (Phi) is 6.76. The smallest absolute Gasteiger partial charge is 0.277 e. The van der Waals surface area contributed by atoms with E-state index in [1.165, 1.54) is 31.3 Å². The van der Waals surface area contributed by atoms with Crippen LogP contribution in [0.2, 0.25) is 0 Å². The third-order valence-electron chi connectivity index (χ3n) is 8.13. The summed E-state index contributed by atoms with van der Waals surface area (Å²) in [5.41, 5.74) is -0.670. The predicted molar refractivity (Wildman–Crippen MR) is 154 cm³/mol. The lowest BCUT2D eigenvalue weighted by Gasteiger charge is -2.20. The maximum Gasteiger partial charge on any atom is 0.417 e. The van der Waals surface area contributed by atoms with Gasteiger partial charge in [0.2, 0.25) is 0 Å². The number of hydrogen-bond donors (Lipinski definition) is 0. The standard InChI is InChI=1S/C34H23F5N2O4/c1-17-4-8-22(18(2)12-17)23-11-7-21(15-28(23)34(37,38)39)41-31(44)25-9-5-19(13-26(25)32(41)45)16-33(35,36)20-6-10-24-27(14-20)30(43)40(3)29(24)42/h4-15H,16H2,1-3H3. The van der Waals surface area contributed by atoms with Crippen molar-refractivity contribution < 1.29 is 41.1 Å². The second kappa shape index (κ2) is 10.2. The molecule has 0 aromatic heterocycles. The maximum absolute atomic E-state index is 15.4. The molecule has 6 nitrogen and oxygen atoms in total. The van der Waals surface area contributed by atoms with E-state index in [0.29, 0.717) is 16.0 Å². The zero-order valence-corrected chi connectivity index (χ0v) is 24.1. The summed E-state index contributed by atoms with van der Waals surface area (Å²) in [5, 5.41) is 0. The second-order valence-electron chi connectivity index (χ2n) is 11.2. The number of nitrogens with zero attached hydrogens (tertiary/aromatic N) is 2. The average Bonchev–Trinajstić information content (AvgIpc) is 3.35. The van der Waals surface area contributed by atoms with Gasteiger partial charge in [0.05, 0.1) is 33.5 Å². The fourth-order valence-electron chi connectivity index (χ4n) is 5.84. The van der Waals surface area contributed by atoms with Crippen molar-refractivity contribution in [1.82, 2.24) is 4.90 Å². The quantitative estimate of drug-likeness (QED) is 0.173. The van der Waals surface area contributed by atoms with Crippen LogP contribution < -0.4 is 4.90 Å². The first kappa shape index (κ1) is 29.9. The lowest BCUT2D eigenvalue weighted by atomic mass is 9.94. The Morgan fingerprint density at radius 3 is 1.87 bits per heavy atom. The molecule has 0 saturated heterocycles. The Morgan fingerprint density at radius 2 is 1.18 bits per heavy atom. The summed E-state index contributed by atoms with van der Waals surface area (Å²) in [5.74, 6) is -6.67. The van der Waals surface area contributed by atoms with E-state index in [9.17, 15) is 32.3 Å². The van der Waals surface area contributed by atoms with Crippen molar-refractivity contribution in [3.8, 4) is 11.1 Å². The van der Waals surface area contributed by atoms with Gasteiger partial charge in [0.1, 0.15) is 0 Å². The van der Waals surface area contributed by atoms with Crippen molar-refractivity contribution in [2.45, 2.75) is 32.4 Å². The molecular formula is C34H23F5N2O4. The summed E-state index contributed by atoms with van der Waals surface area (Å²) in [4.78, 5) is 52.5. The first-order valence-corrected chi connectivity index (χ1v) is 13.7. The Bertz CT molecular complexity index is 1980. The zero-order chi connectivity index (χ0) is 32.6. The number of hydrogen-bond acceptors (Lipinski definition) is 4. The van der Waals surface area contributed by atoms with Crippen LogP contribution in [0.3, 0.4) is 0 Å². The van der Waals surface area contributed by atoms with Crippen molar-refractivity contribution in [3.05, 3.63) is 123 Å². The summed E-state index contributed by atoms with van der Waals surface area (Å²) in [7, 11) is 1.25. The molecule has 4 aromatic carbocycles. The Labute approximate surface area is 253 Å². The molecule has 11 heteroatoms. The number of imide groups is 2. The number of anilines is 1. The molecule has 45 heavy (non-hydrogen) atoms. The van der Waals surface area contributed by atoms with E-state index >= 15 is 8.78 Å². The highest BCUT2D eigenvalue weighted by atomic mass is 19.4. The lowest BCUT2D eigenvalue weighted by molar-refractivity contribution is -0.137. The van der Waals surface area contributed by atoms with Gasteiger partial charge in [0.15, 0.2) is 0 Å². The number of carbonyl (C=O) groups is 4. The number of carbonyl (C=O) groups excluding carboxylic acids is 4. The molecule has 2 aliphatic heterocycles. The third kappa shape index (κ3) is 4.88. The Balaban J connectivity index is 1.31. The van der Waals surface area contributed by atoms with Gasteiger partial charge in [-0.2, -0.15) is 13.2 Å². The lowest BCUT2D eigenvalue weighted by Crippen LogP contribution is -2.29. The maximum atomic E-state index is 15.4. The number of benzene rings is 4. The van der Waals surface area contributed by atoms with Crippen LogP contribution in [0.5, 0.6) is 0 Å². The molecule has 228 valence electrons. The largest absolute Gasteiger partial charge is 0.417 e. The highest BCUT2D eigenvalue weighted by molar-refractivity contribution is 6.34. The molecule has 0 atom stereocenters. The summed E-state index contributed by atoms with van der Waals surface area (Å²) in [6.45, 7) is 3.50. The van der Waals surface area contributed by atoms with Crippen LogP contribution in [-0.2, 0) is 18.5 Å². The molecule has 0 unspecified atom stereocenters. The van der Waals surface area contributed by atoms with Gasteiger partial charge in [-0.05, 0) is 72.5 Å². The second-order valence-corrected chi connectivity index (χ2v) is 11.2. The summed E-state index contributed by atoms with van der Waals surface area (Å²) in [6.07, 6.45) is -5.73. The Hall–Kier alpha value is -5.19. The van der Waals surface area contributed by atoms with E-state index in [1.54, 1.807) is 25.1 Å². The minimum Gasteiger partial charge on any atom is -0.277 e. The van der Waals surface area contributed by atoms with Gasteiger partial charge in [-0.25, -0.2) is 13.7 Å². The van der Waals surface area contributed by atoms with E-state index in [4.69, 9.17) is 0 Å². The van der Waals surface area contributed by atoms with Gasteiger partial charge < -0.3 is 0 Å². The van der Waals surface area contributed by atoms with Gasteiger partial charge in [0.25, 0.3) is 29.6 Å². The van der Waals surface area contributed by atoms with Crippen molar-refractivity contribution in [3.63, 3.8) is 0 Å². The van der Waals surface area contributed by atoms with Crippen LogP contribution in [0.15, 0.2) is 72.8 Å². The van der Waals surface area contributed by atoms with Gasteiger partial charge in [-0.15, -0.1) is 0 Å². The SMILES string of the molecule is Cc1ccc(-c2ccc(N3C(=O)c4ccc(CC(F)(F)c5ccc6c(c5)C(=O)N(C)C6=O)cc4C3=O)cc2C(F)(F)F)c(C)c1. The van der Waals surface area contributed by atoms with E-state index in [1.807, 2.05) is 6.92 Å². The number of rotatable bonds is 5. The third-order valence-corrected chi connectivity index (χ3v) is 8.13. The van der Waals surface area contributed by atoms with Crippen LogP contribution in [-0.4, -0.2) is 35.6 Å². The van der Waals surface area contributed by atoms with Gasteiger partial charge in [-0.1, -0.05) is 42.0 Å². The average molecular weight is 619 g/mol. The molecule has 0 N–H and O–H groups in total. The fourth-order valence-corrected chi connectivity index (χ4v) is 5.84. The first-order valence-electron chi connectivity index (χ1n) is 13.7.